The summed E-state index contributed by atoms with van der Waals surface area (Å²) in [6.45, 7) is 0.759. The lowest BCUT2D eigenvalue weighted by atomic mass is 10.2. The molecule has 144 valence electrons. The summed E-state index contributed by atoms with van der Waals surface area (Å²) in [6.07, 6.45) is -4.09. The van der Waals surface area contributed by atoms with E-state index in [-0.39, 0.29) is 0 Å². The van der Waals surface area contributed by atoms with E-state index in [0.29, 0.717) is 31.0 Å². The van der Waals surface area contributed by atoms with Gasteiger partial charge in [-0.05, 0) is 54.4 Å². The molecule has 2 rings (SSSR count). The number of ether oxygens (including phenoxy) is 1. The average Bonchev–Trinajstić information content (AvgIpc) is 2.62. The standard InChI is InChI=1S/C17H16F3N3O3S/c18-17(19,20)12-4-6-13(7-5-12)26-14-2-1-3-15(10-14)27-23-9-8-21-16(25)22-11-24/h1-7,10-11,23H,8-9H2,(H2,21,22,24,25). The lowest BCUT2D eigenvalue weighted by Crippen LogP contribution is -2.37. The minimum absolute atomic E-state index is 0.291. The monoisotopic (exact) mass is 399 g/mol. The van der Waals surface area contributed by atoms with Crippen LogP contribution in [0.1, 0.15) is 5.56 Å². The van der Waals surface area contributed by atoms with Gasteiger partial charge in [0.05, 0.1) is 5.56 Å². The van der Waals surface area contributed by atoms with Crippen LogP contribution in [0.15, 0.2) is 53.4 Å². The topological polar surface area (TPSA) is 79.5 Å². The Morgan fingerprint density at radius 3 is 2.48 bits per heavy atom. The molecule has 0 saturated heterocycles. The maximum absolute atomic E-state index is 12.6. The first kappa shape index (κ1) is 20.6. The van der Waals surface area contributed by atoms with Crippen molar-refractivity contribution >= 4 is 24.4 Å². The zero-order valence-corrected chi connectivity index (χ0v) is 14.7. The molecule has 0 saturated carbocycles. The molecule has 0 fully saturated rings. The molecule has 0 atom stereocenters. The second-order valence-electron chi connectivity index (χ2n) is 5.11. The number of urea groups is 1. The van der Waals surface area contributed by atoms with Crippen LogP contribution in [0, 0.1) is 0 Å². The van der Waals surface area contributed by atoms with Crippen LogP contribution in [-0.4, -0.2) is 25.5 Å². The Morgan fingerprint density at radius 1 is 1.07 bits per heavy atom. The molecule has 0 aliphatic heterocycles. The van der Waals surface area contributed by atoms with Crippen molar-refractivity contribution in [3.63, 3.8) is 0 Å². The molecule has 0 aliphatic rings. The van der Waals surface area contributed by atoms with E-state index in [0.717, 1.165) is 17.0 Å². The minimum atomic E-state index is -4.39. The molecule has 10 heteroatoms. The Labute approximate surface area is 157 Å². The van der Waals surface area contributed by atoms with Gasteiger partial charge in [-0.15, -0.1) is 0 Å². The number of carbonyl (C=O) groups is 2. The summed E-state index contributed by atoms with van der Waals surface area (Å²) in [6, 6.07) is 10.8. The third kappa shape index (κ3) is 7.19. The first-order chi connectivity index (χ1) is 12.9. The second-order valence-corrected chi connectivity index (χ2v) is 6.08. The first-order valence-corrected chi connectivity index (χ1v) is 8.53. The van der Waals surface area contributed by atoms with Crippen LogP contribution in [-0.2, 0) is 11.0 Å². The molecule has 2 aromatic carbocycles. The summed E-state index contributed by atoms with van der Waals surface area (Å²) >= 11 is 1.30. The molecule has 0 unspecified atom stereocenters. The van der Waals surface area contributed by atoms with Crippen LogP contribution in [0.4, 0.5) is 18.0 Å². The van der Waals surface area contributed by atoms with Gasteiger partial charge in [-0.2, -0.15) is 13.2 Å². The predicted octanol–water partition coefficient (Wildman–Crippen LogP) is 3.55. The summed E-state index contributed by atoms with van der Waals surface area (Å²) < 4.78 is 46.3. The predicted molar refractivity (Wildman–Crippen MR) is 94.4 cm³/mol. The molecule has 0 aliphatic carbocycles. The lowest BCUT2D eigenvalue weighted by Gasteiger charge is -2.10. The third-order valence-corrected chi connectivity index (χ3v) is 3.95. The van der Waals surface area contributed by atoms with Gasteiger partial charge >= 0.3 is 12.2 Å². The highest BCUT2D eigenvalue weighted by Gasteiger charge is 2.30. The molecule has 0 heterocycles. The zero-order chi connectivity index (χ0) is 19.7. The molecule has 0 radical (unpaired) electrons. The van der Waals surface area contributed by atoms with E-state index in [9.17, 15) is 22.8 Å². The molecular formula is C17H16F3N3O3S. The van der Waals surface area contributed by atoms with E-state index in [2.05, 4.69) is 10.0 Å². The highest BCUT2D eigenvalue weighted by atomic mass is 32.2. The smallest absolute Gasteiger partial charge is 0.416 e. The molecule has 0 bridgehead atoms. The Bertz CT molecular complexity index is 770. The average molecular weight is 399 g/mol. The number of benzene rings is 2. The van der Waals surface area contributed by atoms with Gasteiger partial charge in [0.2, 0.25) is 6.41 Å². The molecule has 6 nitrogen and oxygen atoms in total. The van der Waals surface area contributed by atoms with E-state index in [4.69, 9.17) is 4.74 Å². The minimum Gasteiger partial charge on any atom is -0.457 e. The van der Waals surface area contributed by atoms with E-state index in [1.165, 1.54) is 24.1 Å². The first-order valence-electron chi connectivity index (χ1n) is 7.71. The number of hydrogen-bond donors (Lipinski definition) is 3. The number of amides is 3. The van der Waals surface area contributed by atoms with Gasteiger partial charge in [-0.25, -0.2) is 4.79 Å². The highest BCUT2D eigenvalue weighted by Crippen LogP contribution is 2.31. The molecule has 3 amide bonds. The largest absolute Gasteiger partial charge is 0.457 e. The molecule has 27 heavy (non-hydrogen) atoms. The van der Waals surface area contributed by atoms with Crippen LogP contribution in [0.3, 0.4) is 0 Å². The van der Waals surface area contributed by atoms with Crippen molar-refractivity contribution in [3.05, 3.63) is 54.1 Å². The van der Waals surface area contributed by atoms with Crippen molar-refractivity contribution in [2.45, 2.75) is 11.1 Å². The maximum Gasteiger partial charge on any atom is 0.416 e. The summed E-state index contributed by atoms with van der Waals surface area (Å²) in [5, 5.41) is 4.42. The van der Waals surface area contributed by atoms with Crippen molar-refractivity contribution in [2.75, 3.05) is 13.1 Å². The molecule has 0 aromatic heterocycles. The van der Waals surface area contributed by atoms with Crippen LogP contribution < -0.4 is 20.1 Å². The van der Waals surface area contributed by atoms with Crippen LogP contribution in [0.5, 0.6) is 11.5 Å². The Balaban J connectivity index is 1.82. The SMILES string of the molecule is O=CNC(=O)NCCNSc1cccc(Oc2ccc(C(F)(F)F)cc2)c1. The summed E-state index contributed by atoms with van der Waals surface area (Å²) in [5.74, 6) is 0.772. The summed E-state index contributed by atoms with van der Waals surface area (Å²) in [5.41, 5.74) is -0.737. The van der Waals surface area contributed by atoms with Crippen molar-refractivity contribution in [3.8, 4) is 11.5 Å². The lowest BCUT2D eigenvalue weighted by molar-refractivity contribution is -0.137. The Hall–Kier alpha value is -2.72. The maximum atomic E-state index is 12.6. The second kappa shape index (κ2) is 9.83. The number of halogens is 3. The van der Waals surface area contributed by atoms with E-state index in [1.54, 1.807) is 18.2 Å². The fourth-order valence-corrected chi connectivity index (χ4v) is 2.61. The molecule has 3 N–H and O–H groups in total. The van der Waals surface area contributed by atoms with E-state index < -0.39 is 17.8 Å². The van der Waals surface area contributed by atoms with E-state index in [1.807, 2.05) is 11.4 Å². The number of carbonyl (C=O) groups excluding carboxylic acids is 2. The number of hydrogen-bond acceptors (Lipinski definition) is 5. The van der Waals surface area contributed by atoms with Crippen LogP contribution >= 0.6 is 11.9 Å². The fraction of sp³-hybridized carbons (Fsp3) is 0.176. The van der Waals surface area contributed by atoms with Gasteiger partial charge in [-0.1, -0.05) is 6.07 Å². The Morgan fingerprint density at radius 2 is 1.81 bits per heavy atom. The normalized spacial score (nSPS) is 10.9. The number of rotatable bonds is 8. The van der Waals surface area contributed by atoms with Gasteiger partial charge in [-0.3, -0.25) is 14.8 Å². The van der Waals surface area contributed by atoms with Crippen molar-refractivity contribution in [2.24, 2.45) is 0 Å². The summed E-state index contributed by atoms with van der Waals surface area (Å²) in [4.78, 5) is 21.9. The quantitative estimate of drug-likeness (QED) is 0.359. The Kier molecular flexibility index (Phi) is 7.50. The number of alkyl halides is 3. The van der Waals surface area contributed by atoms with Crippen molar-refractivity contribution in [1.82, 2.24) is 15.4 Å². The van der Waals surface area contributed by atoms with Gasteiger partial charge < -0.3 is 10.1 Å². The van der Waals surface area contributed by atoms with Gasteiger partial charge in [0.1, 0.15) is 11.5 Å². The van der Waals surface area contributed by atoms with Crippen LogP contribution in [0.25, 0.3) is 0 Å². The highest BCUT2D eigenvalue weighted by molar-refractivity contribution is 7.97. The number of imide groups is 1. The molecule has 2 aromatic rings. The zero-order valence-electron chi connectivity index (χ0n) is 13.9. The van der Waals surface area contributed by atoms with Gasteiger partial charge in [0.25, 0.3) is 0 Å². The third-order valence-electron chi connectivity index (χ3n) is 3.12. The molecular weight excluding hydrogens is 383 g/mol. The fourth-order valence-electron chi connectivity index (χ4n) is 1.92. The van der Waals surface area contributed by atoms with Gasteiger partial charge in [0, 0.05) is 18.0 Å². The van der Waals surface area contributed by atoms with E-state index >= 15 is 0 Å². The van der Waals surface area contributed by atoms with Gasteiger partial charge in [0.15, 0.2) is 0 Å². The number of nitrogens with one attached hydrogen (secondary N) is 3. The van der Waals surface area contributed by atoms with Crippen molar-refractivity contribution < 1.29 is 27.5 Å². The summed E-state index contributed by atoms with van der Waals surface area (Å²) in [7, 11) is 0. The molecule has 0 spiro atoms. The van der Waals surface area contributed by atoms with Crippen molar-refractivity contribution in [1.29, 1.82) is 0 Å². The van der Waals surface area contributed by atoms with Crippen LogP contribution in [0.2, 0.25) is 0 Å².